The van der Waals surface area contributed by atoms with E-state index >= 15 is 0 Å². The van der Waals surface area contributed by atoms with Gasteiger partial charge in [0.1, 0.15) is 10.5 Å². The SMILES string of the molecule is Cc1c(NC(=O)CSc2nc3scc(-c4ccc5c(c4)CCCC5)c3c(=O)[nH]2)c(=O)n(-c2ccccc2)n1C. The van der Waals surface area contributed by atoms with Gasteiger partial charge in [-0.05, 0) is 61.4 Å². The van der Waals surface area contributed by atoms with E-state index in [9.17, 15) is 14.4 Å². The van der Waals surface area contributed by atoms with Gasteiger partial charge in [0, 0.05) is 18.0 Å². The van der Waals surface area contributed by atoms with Gasteiger partial charge in [0.2, 0.25) is 5.91 Å². The lowest BCUT2D eigenvalue weighted by molar-refractivity contribution is -0.113. The number of amides is 1. The number of hydrogen-bond acceptors (Lipinski definition) is 6. The number of aromatic amines is 1. The smallest absolute Gasteiger partial charge is 0.295 e. The molecule has 0 saturated heterocycles. The number of aryl methyl sites for hydroxylation is 2. The molecule has 0 saturated carbocycles. The number of benzene rings is 2. The highest BCUT2D eigenvalue weighted by Crippen LogP contribution is 2.34. The molecule has 0 fully saturated rings. The van der Waals surface area contributed by atoms with Crippen LogP contribution in [-0.4, -0.2) is 31.0 Å². The number of anilines is 1. The zero-order valence-corrected chi connectivity index (χ0v) is 23.2. The minimum atomic E-state index is -0.352. The lowest BCUT2D eigenvalue weighted by Crippen LogP contribution is -2.23. The number of thiophene rings is 1. The summed E-state index contributed by atoms with van der Waals surface area (Å²) < 4.78 is 3.23. The Morgan fingerprint density at radius 2 is 1.87 bits per heavy atom. The van der Waals surface area contributed by atoms with Crippen LogP contribution in [0.3, 0.4) is 0 Å². The fourth-order valence-electron chi connectivity index (χ4n) is 5.13. The molecule has 1 aliphatic carbocycles. The van der Waals surface area contributed by atoms with Crippen LogP contribution in [0.25, 0.3) is 27.0 Å². The Bertz CT molecular complexity index is 1830. The molecule has 2 aromatic carbocycles. The number of carbonyl (C=O) groups is 1. The van der Waals surface area contributed by atoms with Crippen molar-refractivity contribution in [2.45, 2.75) is 37.8 Å². The molecule has 5 aromatic rings. The number of rotatable bonds is 6. The van der Waals surface area contributed by atoms with Crippen molar-refractivity contribution in [2.24, 2.45) is 7.05 Å². The molecule has 8 nitrogen and oxygen atoms in total. The molecule has 39 heavy (non-hydrogen) atoms. The molecule has 0 atom stereocenters. The first kappa shape index (κ1) is 25.4. The van der Waals surface area contributed by atoms with E-state index in [0.29, 0.717) is 26.8 Å². The predicted molar refractivity (Wildman–Crippen MR) is 157 cm³/mol. The second-order valence-corrected chi connectivity index (χ2v) is 11.5. The highest BCUT2D eigenvalue weighted by Gasteiger charge is 2.19. The number of nitrogens with one attached hydrogen (secondary N) is 2. The molecular formula is C29H27N5O3S2. The van der Waals surface area contributed by atoms with Crippen molar-refractivity contribution in [2.75, 3.05) is 11.1 Å². The molecule has 1 amide bonds. The molecule has 10 heteroatoms. The van der Waals surface area contributed by atoms with E-state index in [0.717, 1.165) is 35.7 Å². The normalized spacial score (nSPS) is 13.0. The van der Waals surface area contributed by atoms with E-state index in [4.69, 9.17) is 0 Å². The molecule has 0 spiro atoms. The van der Waals surface area contributed by atoms with Crippen molar-refractivity contribution in [1.82, 2.24) is 19.3 Å². The van der Waals surface area contributed by atoms with Crippen molar-refractivity contribution >= 4 is 44.9 Å². The minimum Gasteiger partial charge on any atom is -0.319 e. The Morgan fingerprint density at radius 1 is 1.10 bits per heavy atom. The van der Waals surface area contributed by atoms with Gasteiger partial charge in [-0.2, -0.15) is 0 Å². The van der Waals surface area contributed by atoms with Crippen LogP contribution in [0.15, 0.2) is 68.7 Å². The minimum absolute atomic E-state index is 0.00336. The fourth-order valence-corrected chi connectivity index (χ4v) is 6.80. The van der Waals surface area contributed by atoms with Gasteiger partial charge >= 0.3 is 0 Å². The summed E-state index contributed by atoms with van der Waals surface area (Å²) in [5, 5.41) is 5.68. The van der Waals surface area contributed by atoms with Crippen LogP contribution in [-0.2, 0) is 24.7 Å². The van der Waals surface area contributed by atoms with Crippen LogP contribution in [0.2, 0.25) is 0 Å². The molecule has 2 N–H and O–H groups in total. The third-order valence-electron chi connectivity index (χ3n) is 7.24. The maximum atomic E-state index is 13.1. The molecular weight excluding hydrogens is 530 g/mol. The van der Waals surface area contributed by atoms with Crippen molar-refractivity contribution in [1.29, 1.82) is 0 Å². The van der Waals surface area contributed by atoms with Crippen molar-refractivity contribution < 1.29 is 4.79 Å². The van der Waals surface area contributed by atoms with E-state index in [-0.39, 0.29) is 28.5 Å². The second kappa shape index (κ2) is 10.3. The first-order valence-electron chi connectivity index (χ1n) is 12.8. The van der Waals surface area contributed by atoms with Crippen molar-refractivity contribution in [3.63, 3.8) is 0 Å². The summed E-state index contributed by atoms with van der Waals surface area (Å²) >= 11 is 2.56. The molecule has 0 unspecified atom stereocenters. The van der Waals surface area contributed by atoms with Crippen molar-refractivity contribution in [3.8, 4) is 16.8 Å². The zero-order chi connectivity index (χ0) is 27.1. The summed E-state index contributed by atoms with van der Waals surface area (Å²) in [6.07, 6.45) is 4.62. The topological polar surface area (TPSA) is 102 Å². The average molecular weight is 558 g/mol. The zero-order valence-electron chi connectivity index (χ0n) is 21.6. The third kappa shape index (κ3) is 4.74. The Morgan fingerprint density at radius 3 is 2.67 bits per heavy atom. The largest absolute Gasteiger partial charge is 0.319 e. The van der Waals surface area contributed by atoms with Gasteiger partial charge in [0.05, 0.1) is 22.5 Å². The highest BCUT2D eigenvalue weighted by atomic mass is 32.2. The summed E-state index contributed by atoms with van der Waals surface area (Å²) in [7, 11) is 1.78. The number of H-pyrrole nitrogens is 1. The van der Waals surface area contributed by atoms with Gasteiger partial charge in [-0.3, -0.25) is 19.1 Å². The summed E-state index contributed by atoms with van der Waals surface area (Å²) in [5.41, 5.74) is 5.75. The van der Waals surface area contributed by atoms with Crippen molar-refractivity contribution in [3.05, 3.63) is 91.4 Å². The number of hydrogen-bond donors (Lipinski definition) is 2. The van der Waals surface area contributed by atoms with Crippen LogP contribution >= 0.6 is 23.1 Å². The van der Waals surface area contributed by atoms with Gasteiger partial charge < -0.3 is 10.3 Å². The van der Waals surface area contributed by atoms with Crippen LogP contribution in [0.4, 0.5) is 5.69 Å². The van der Waals surface area contributed by atoms with Gasteiger partial charge in [-0.25, -0.2) is 9.67 Å². The Labute approximate surface area is 232 Å². The summed E-state index contributed by atoms with van der Waals surface area (Å²) in [5.74, 6) is -0.356. The van der Waals surface area contributed by atoms with E-state index in [1.165, 1.54) is 40.0 Å². The average Bonchev–Trinajstić information content (AvgIpc) is 3.47. The maximum absolute atomic E-state index is 13.1. The molecule has 3 aromatic heterocycles. The van der Waals surface area contributed by atoms with E-state index in [2.05, 4.69) is 33.5 Å². The second-order valence-electron chi connectivity index (χ2n) is 9.66. The standard InChI is InChI=1S/C29H27N5O3S2/c1-17-25(28(37)34(33(17)2)21-10-4-3-5-11-21)30-23(35)16-39-29-31-26(36)24-22(15-38-27(24)32-29)20-13-12-18-8-6-7-9-19(18)14-20/h3-5,10-15H,6-9,16H2,1-2H3,(H,30,35)(H,31,32,36). The molecule has 1 aliphatic rings. The number of fused-ring (bicyclic) bond motifs is 2. The van der Waals surface area contributed by atoms with Crippen LogP contribution in [0.1, 0.15) is 29.7 Å². The maximum Gasteiger partial charge on any atom is 0.295 e. The number of nitrogens with zero attached hydrogens (tertiary/aromatic N) is 3. The first-order chi connectivity index (χ1) is 18.9. The van der Waals surface area contributed by atoms with Gasteiger partial charge in [-0.15, -0.1) is 11.3 Å². The van der Waals surface area contributed by atoms with E-state index < -0.39 is 0 Å². The summed E-state index contributed by atoms with van der Waals surface area (Å²) in [4.78, 5) is 47.1. The van der Waals surface area contributed by atoms with Gasteiger partial charge in [0.15, 0.2) is 5.16 Å². The molecule has 0 bridgehead atoms. The summed E-state index contributed by atoms with van der Waals surface area (Å²) in [6, 6.07) is 15.7. The summed E-state index contributed by atoms with van der Waals surface area (Å²) in [6.45, 7) is 1.79. The first-order valence-corrected chi connectivity index (χ1v) is 14.7. The van der Waals surface area contributed by atoms with Crippen LogP contribution in [0, 0.1) is 6.92 Å². The van der Waals surface area contributed by atoms with E-state index in [1.807, 2.05) is 35.7 Å². The predicted octanol–water partition coefficient (Wildman–Crippen LogP) is 5.06. The number of para-hydroxylation sites is 1. The lowest BCUT2D eigenvalue weighted by atomic mass is 9.89. The molecule has 6 rings (SSSR count). The molecule has 0 radical (unpaired) electrons. The Kier molecular flexibility index (Phi) is 6.74. The van der Waals surface area contributed by atoms with E-state index in [1.54, 1.807) is 18.7 Å². The number of thioether (sulfide) groups is 1. The third-order valence-corrected chi connectivity index (χ3v) is 8.99. The Hall–Kier alpha value is -3.89. The van der Waals surface area contributed by atoms with Gasteiger partial charge in [-0.1, -0.05) is 48.2 Å². The highest BCUT2D eigenvalue weighted by molar-refractivity contribution is 7.99. The molecule has 3 heterocycles. The quantitative estimate of drug-likeness (QED) is 0.225. The van der Waals surface area contributed by atoms with Gasteiger partial charge in [0.25, 0.3) is 11.1 Å². The fraction of sp³-hybridized carbons (Fsp3) is 0.241. The number of carbonyl (C=O) groups excluding carboxylic acids is 1. The lowest BCUT2D eigenvalue weighted by Gasteiger charge is -2.16. The number of aromatic nitrogens is 4. The molecule has 0 aliphatic heterocycles. The van der Waals surface area contributed by atoms with Crippen LogP contribution in [0.5, 0.6) is 0 Å². The monoisotopic (exact) mass is 557 g/mol. The van der Waals surface area contributed by atoms with Crippen LogP contribution < -0.4 is 16.4 Å². The molecule has 198 valence electrons. The Balaban J connectivity index is 1.20.